The van der Waals surface area contributed by atoms with Gasteiger partial charge in [-0.2, -0.15) is 13.2 Å². The van der Waals surface area contributed by atoms with Gasteiger partial charge < -0.3 is 10.2 Å². The molecule has 7 nitrogen and oxygen atoms in total. The molecule has 0 fully saturated rings. The van der Waals surface area contributed by atoms with Crippen LogP contribution in [-0.2, 0) is 32.3 Å². The molecule has 12 heteroatoms. The Kier molecular flexibility index (Phi) is 11.7. The van der Waals surface area contributed by atoms with Crippen molar-refractivity contribution < 1.29 is 31.2 Å². The van der Waals surface area contributed by atoms with E-state index in [-0.39, 0.29) is 43.6 Å². The monoisotopic (exact) mass is 589 g/mol. The Hall–Kier alpha value is -2.79. The minimum atomic E-state index is -4.64. The van der Waals surface area contributed by atoms with Gasteiger partial charge in [0.1, 0.15) is 6.04 Å². The average Bonchev–Trinajstić information content (AvgIpc) is 2.86. The summed E-state index contributed by atoms with van der Waals surface area (Å²) in [5.41, 5.74) is -0.482. The van der Waals surface area contributed by atoms with Crippen LogP contribution >= 0.6 is 11.6 Å². The second-order valence-corrected chi connectivity index (χ2v) is 11.7. The fourth-order valence-corrected chi connectivity index (χ4v) is 5.16. The molecule has 0 unspecified atom stereocenters. The van der Waals surface area contributed by atoms with Crippen LogP contribution in [0.2, 0.25) is 5.02 Å². The van der Waals surface area contributed by atoms with Gasteiger partial charge in [-0.1, -0.05) is 49.7 Å². The van der Waals surface area contributed by atoms with E-state index < -0.39 is 33.7 Å². The quantitative estimate of drug-likeness (QED) is 0.328. The number of rotatable bonds is 13. The van der Waals surface area contributed by atoms with Gasteiger partial charge in [-0.3, -0.25) is 13.9 Å². The predicted octanol–water partition coefficient (Wildman–Crippen LogP) is 5.63. The molecule has 216 valence electrons. The molecular weight excluding hydrogens is 555 g/mol. The smallest absolute Gasteiger partial charge is 0.352 e. The first-order valence-electron chi connectivity index (χ1n) is 12.7. The van der Waals surface area contributed by atoms with Gasteiger partial charge >= 0.3 is 6.18 Å². The molecule has 0 bridgehead atoms. The molecule has 39 heavy (non-hydrogen) atoms. The number of carbonyl (C=O) groups is 2. The average molecular weight is 590 g/mol. The third kappa shape index (κ3) is 9.42. The summed E-state index contributed by atoms with van der Waals surface area (Å²) in [4.78, 5) is 27.9. The Morgan fingerprint density at radius 3 is 2.28 bits per heavy atom. The Morgan fingerprint density at radius 1 is 1.05 bits per heavy atom. The SMILES string of the molecule is CC[C@@H](C)NC(=O)[C@H](CC)N(Cc1ccccc1Cl)C(=O)CCCN(c1cccc(C(F)(F)F)c1)S(C)(=O)=O. The number of sulfonamides is 1. The van der Waals surface area contributed by atoms with Gasteiger partial charge in [0.2, 0.25) is 21.8 Å². The summed E-state index contributed by atoms with van der Waals surface area (Å²) < 4.78 is 65.3. The fourth-order valence-electron chi connectivity index (χ4n) is 4.01. The Labute approximate surface area is 233 Å². The molecule has 0 saturated carbocycles. The number of amides is 2. The third-order valence-electron chi connectivity index (χ3n) is 6.30. The van der Waals surface area contributed by atoms with Crippen molar-refractivity contribution >= 4 is 39.1 Å². The van der Waals surface area contributed by atoms with Crippen molar-refractivity contribution in [3.8, 4) is 0 Å². The summed E-state index contributed by atoms with van der Waals surface area (Å²) in [6, 6.07) is 10.1. The van der Waals surface area contributed by atoms with Crippen LogP contribution in [0.1, 0.15) is 57.6 Å². The molecule has 0 saturated heterocycles. The molecule has 0 aliphatic heterocycles. The van der Waals surface area contributed by atoms with E-state index >= 15 is 0 Å². The molecule has 0 spiro atoms. The second kappa shape index (κ2) is 14.0. The van der Waals surface area contributed by atoms with Crippen molar-refractivity contribution in [3.63, 3.8) is 0 Å². The minimum Gasteiger partial charge on any atom is -0.352 e. The zero-order chi connectivity index (χ0) is 29.4. The standard InChI is InChI=1S/C27H35ClF3N3O4S/c1-5-19(3)32-26(36)24(6-2)33(18-20-11-7-8-14-23(20)28)25(35)15-10-16-34(39(4,37)38)22-13-9-12-21(17-22)27(29,30)31/h7-9,11-14,17,19,24H,5-6,10,15-16,18H2,1-4H3,(H,32,36)/t19-,24+/m1/s1. The molecule has 0 heterocycles. The first-order chi connectivity index (χ1) is 18.2. The molecule has 2 aromatic rings. The van der Waals surface area contributed by atoms with Gasteiger partial charge in [0.15, 0.2) is 0 Å². The number of benzene rings is 2. The van der Waals surface area contributed by atoms with Crippen molar-refractivity contribution in [1.29, 1.82) is 0 Å². The maximum Gasteiger partial charge on any atom is 0.416 e. The number of nitrogens with zero attached hydrogens (tertiary/aromatic N) is 2. The molecule has 1 N–H and O–H groups in total. The van der Waals surface area contributed by atoms with Gasteiger partial charge in [0.05, 0.1) is 17.5 Å². The number of halogens is 4. The van der Waals surface area contributed by atoms with E-state index in [0.717, 1.165) is 28.8 Å². The summed E-state index contributed by atoms with van der Waals surface area (Å²) in [6.45, 7) is 5.41. The second-order valence-electron chi connectivity index (χ2n) is 9.34. The fraction of sp³-hybridized carbons (Fsp3) is 0.481. The number of carbonyl (C=O) groups excluding carboxylic acids is 2. The molecule has 0 aliphatic carbocycles. The van der Waals surface area contributed by atoms with E-state index in [4.69, 9.17) is 11.6 Å². The highest BCUT2D eigenvalue weighted by atomic mass is 35.5. The summed E-state index contributed by atoms with van der Waals surface area (Å²) in [7, 11) is -3.94. The van der Waals surface area contributed by atoms with Gasteiger partial charge in [0, 0.05) is 30.6 Å². The Morgan fingerprint density at radius 2 is 1.72 bits per heavy atom. The first kappa shape index (κ1) is 32.4. The molecule has 2 rings (SSSR count). The van der Waals surface area contributed by atoms with Crippen LogP contribution in [0.4, 0.5) is 18.9 Å². The van der Waals surface area contributed by atoms with E-state index in [0.29, 0.717) is 23.4 Å². The largest absolute Gasteiger partial charge is 0.416 e. The maximum absolute atomic E-state index is 13.5. The number of nitrogens with one attached hydrogen (secondary N) is 1. The number of alkyl halides is 3. The van der Waals surface area contributed by atoms with Crippen molar-refractivity contribution in [2.75, 3.05) is 17.1 Å². The zero-order valence-corrected chi connectivity index (χ0v) is 24.0. The number of hydrogen-bond donors (Lipinski definition) is 1. The van der Waals surface area contributed by atoms with Crippen LogP contribution in [0.15, 0.2) is 48.5 Å². The molecule has 0 radical (unpaired) electrons. The summed E-state index contributed by atoms with van der Waals surface area (Å²) >= 11 is 6.32. The van der Waals surface area contributed by atoms with E-state index in [9.17, 15) is 31.2 Å². The zero-order valence-electron chi connectivity index (χ0n) is 22.5. The van der Waals surface area contributed by atoms with Gasteiger partial charge in [-0.05, 0) is 56.0 Å². The lowest BCUT2D eigenvalue weighted by molar-refractivity contribution is -0.141. The summed E-state index contributed by atoms with van der Waals surface area (Å²) in [5.74, 6) is -0.715. The Balaban J connectivity index is 2.28. The molecule has 2 atom stereocenters. The highest BCUT2D eigenvalue weighted by molar-refractivity contribution is 7.92. The van der Waals surface area contributed by atoms with Crippen molar-refractivity contribution in [2.45, 2.75) is 71.3 Å². The van der Waals surface area contributed by atoms with Crippen molar-refractivity contribution in [1.82, 2.24) is 10.2 Å². The van der Waals surface area contributed by atoms with Crippen molar-refractivity contribution in [3.05, 3.63) is 64.7 Å². The molecular formula is C27H35ClF3N3O4S. The Bertz CT molecular complexity index is 1240. The van der Waals surface area contributed by atoms with Crippen LogP contribution in [-0.4, -0.2) is 50.0 Å². The number of hydrogen-bond acceptors (Lipinski definition) is 4. The van der Waals surface area contributed by atoms with E-state index in [2.05, 4.69) is 5.32 Å². The molecule has 2 amide bonds. The van der Waals surface area contributed by atoms with E-state index in [1.54, 1.807) is 31.2 Å². The van der Waals surface area contributed by atoms with Crippen LogP contribution < -0.4 is 9.62 Å². The van der Waals surface area contributed by atoms with Crippen LogP contribution in [0, 0.1) is 0 Å². The van der Waals surface area contributed by atoms with Gasteiger partial charge in [-0.15, -0.1) is 0 Å². The van der Waals surface area contributed by atoms with Crippen molar-refractivity contribution in [2.24, 2.45) is 0 Å². The van der Waals surface area contributed by atoms with Gasteiger partial charge in [-0.25, -0.2) is 8.42 Å². The highest BCUT2D eigenvalue weighted by Crippen LogP contribution is 2.32. The van der Waals surface area contributed by atoms with Crippen LogP contribution in [0.25, 0.3) is 0 Å². The van der Waals surface area contributed by atoms with Crippen LogP contribution in [0.5, 0.6) is 0 Å². The van der Waals surface area contributed by atoms with Gasteiger partial charge in [0.25, 0.3) is 0 Å². The predicted molar refractivity (Wildman–Crippen MR) is 147 cm³/mol. The highest BCUT2D eigenvalue weighted by Gasteiger charge is 2.32. The maximum atomic E-state index is 13.5. The topological polar surface area (TPSA) is 86.8 Å². The van der Waals surface area contributed by atoms with E-state index in [1.165, 1.54) is 11.0 Å². The molecule has 0 aromatic heterocycles. The van der Waals surface area contributed by atoms with E-state index in [1.807, 2.05) is 13.8 Å². The molecule has 2 aromatic carbocycles. The normalized spacial score (nSPS) is 13.4. The summed E-state index contributed by atoms with van der Waals surface area (Å²) in [6.07, 6.45) is -2.83. The van der Waals surface area contributed by atoms with Crippen LogP contribution in [0.3, 0.4) is 0 Å². The third-order valence-corrected chi connectivity index (χ3v) is 7.86. The molecule has 0 aliphatic rings. The number of anilines is 1. The lowest BCUT2D eigenvalue weighted by Crippen LogP contribution is -2.50. The first-order valence-corrected chi connectivity index (χ1v) is 14.9. The minimum absolute atomic E-state index is 0.0184. The lowest BCUT2D eigenvalue weighted by atomic mass is 10.1. The summed E-state index contributed by atoms with van der Waals surface area (Å²) in [5, 5.41) is 3.34. The lowest BCUT2D eigenvalue weighted by Gasteiger charge is -2.32.